The van der Waals surface area contributed by atoms with Crippen LogP contribution in [0.1, 0.15) is 24.2 Å². The summed E-state index contributed by atoms with van der Waals surface area (Å²) >= 11 is 0. The van der Waals surface area contributed by atoms with Crippen LogP contribution in [0.25, 0.3) is 0 Å². The Hall–Kier alpha value is -2.11. The molecule has 1 rings (SSSR count). The van der Waals surface area contributed by atoms with Crippen LogP contribution in [0, 0.1) is 16.0 Å². The highest BCUT2D eigenvalue weighted by atomic mass is 16.6. The molecule has 0 bridgehead atoms. The van der Waals surface area contributed by atoms with E-state index >= 15 is 0 Å². The summed E-state index contributed by atoms with van der Waals surface area (Å²) in [5.74, 6) is -0.0296. The van der Waals surface area contributed by atoms with Crippen LogP contribution in [-0.2, 0) is 0 Å². The van der Waals surface area contributed by atoms with Crippen LogP contribution in [0.15, 0.2) is 18.2 Å². The SMILES string of the molecule is CNc1ccc([N+](=O)[O-])c(C(=O)N(C)CC(C)C)c1. The zero-order valence-corrected chi connectivity index (χ0v) is 11.6. The van der Waals surface area contributed by atoms with E-state index in [9.17, 15) is 14.9 Å². The van der Waals surface area contributed by atoms with Crippen molar-refractivity contribution >= 4 is 17.3 Å². The quantitative estimate of drug-likeness (QED) is 0.655. The van der Waals surface area contributed by atoms with Gasteiger partial charge in [-0.3, -0.25) is 14.9 Å². The van der Waals surface area contributed by atoms with Gasteiger partial charge in [0.2, 0.25) is 0 Å². The molecule has 0 aromatic heterocycles. The van der Waals surface area contributed by atoms with E-state index in [1.54, 1.807) is 20.2 Å². The first-order valence-electron chi connectivity index (χ1n) is 6.08. The van der Waals surface area contributed by atoms with Gasteiger partial charge in [-0.25, -0.2) is 0 Å². The summed E-state index contributed by atoms with van der Waals surface area (Å²) in [6, 6.07) is 4.44. The second-order valence-electron chi connectivity index (χ2n) is 4.82. The number of nitrogens with one attached hydrogen (secondary N) is 1. The predicted octanol–water partition coefficient (Wildman–Crippen LogP) is 2.36. The molecular weight excluding hydrogens is 246 g/mol. The van der Waals surface area contributed by atoms with Crippen LogP contribution in [0.2, 0.25) is 0 Å². The minimum absolute atomic E-state index is 0.111. The maximum atomic E-state index is 12.3. The third-order valence-corrected chi connectivity index (χ3v) is 2.70. The fourth-order valence-corrected chi connectivity index (χ4v) is 1.86. The molecule has 0 aliphatic carbocycles. The zero-order valence-electron chi connectivity index (χ0n) is 11.6. The van der Waals surface area contributed by atoms with Crippen LogP contribution >= 0.6 is 0 Å². The minimum Gasteiger partial charge on any atom is -0.388 e. The monoisotopic (exact) mass is 265 g/mol. The highest BCUT2D eigenvalue weighted by Gasteiger charge is 2.23. The molecule has 0 radical (unpaired) electrons. The molecule has 1 aromatic rings. The van der Waals surface area contributed by atoms with Gasteiger partial charge in [0.05, 0.1) is 4.92 Å². The maximum Gasteiger partial charge on any atom is 0.282 e. The number of benzene rings is 1. The maximum absolute atomic E-state index is 12.3. The third-order valence-electron chi connectivity index (χ3n) is 2.70. The summed E-state index contributed by atoms with van der Waals surface area (Å²) in [7, 11) is 3.35. The second-order valence-corrected chi connectivity index (χ2v) is 4.82. The molecule has 19 heavy (non-hydrogen) atoms. The first kappa shape index (κ1) is 14.9. The number of nitro groups is 1. The van der Waals surface area contributed by atoms with Crippen LogP contribution in [0.4, 0.5) is 11.4 Å². The Morgan fingerprint density at radius 2 is 2.11 bits per heavy atom. The normalized spacial score (nSPS) is 10.4. The molecule has 6 heteroatoms. The van der Waals surface area contributed by atoms with E-state index in [4.69, 9.17) is 0 Å². The third kappa shape index (κ3) is 3.67. The van der Waals surface area contributed by atoms with Gasteiger partial charge < -0.3 is 10.2 Å². The van der Waals surface area contributed by atoms with Gasteiger partial charge in [0.25, 0.3) is 11.6 Å². The molecule has 0 saturated carbocycles. The topological polar surface area (TPSA) is 75.5 Å². The van der Waals surface area contributed by atoms with Gasteiger partial charge >= 0.3 is 0 Å². The number of nitrogens with zero attached hydrogens (tertiary/aromatic N) is 2. The number of amides is 1. The van der Waals surface area contributed by atoms with E-state index in [-0.39, 0.29) is 17.2 Å². The van der Waals surface area contributed by atoms with Crippen molar-refractivity contribution in [2.45, 2.75) is 13.8 Å². The van der Waals surface area contributed by atoms with Crippen LogP contribution in [-0.4, -0.2) is 36.4 Å². The summed E-state index contributed by atoms with van der Waals surface area (Å²) in [5.41, 5.74) is 0.617. The summed E-state index contributed by atoms with van der Waals surface area (Å²) in [6.45, 7) is 4.53. The number of rotatable bonds is 5. The number of hydrogen-bond acceptors (Lipinski definition) is 4. The number of carbonyl (C=O) groups is 1. The molecule has 1 aromatic carbocycles. The van der Waals surface area contributed by atoms with Crippen molar-refractivity contribution in [2.75, 3.05) is 26.0 Å². The molecule has 0 aliphatic rings. The van der Waals surface area contributed by atoms with Gasteiger partial charge in [0.15, 0.2) is 0 Å². The first-order valence-corrected chi connectivity index (χ1v) is 6.08. The molecule has 1 N–H and O–H groups in total. The van der Waals surface area contributed by atoms with Gasteiger partial charge in [0.1, 0.15) is 5.56 Å². The largest absolute Gasteiger partial charge is 0.388 e. The van der Waals surface area contributed by atoms with Crippen LogP contribution in [0.5, 0.6) is 0 Å². The Morgan fingerprint density at radius 1 is 1.47 bits per heavy atom. The van der Waals surface area contributed by atoms with E-state index in [1.807, 2.05) is 13.8 Å². The van der Waals surface area contributed by atoms with Gasteiger partial charge in [-0.1, -0.05) is 13.8 Å². The van der Waals surface area contributed by atoms with Crippen LogP contribution in [0.3, 0.4) is 0 Å². The van der Waals surface area contributed by atoms with Crippen molar-refractivity contribution in [2.24, 2.45) is 5.92 Å². The molecule has 0 aliphatic heterocycles. The van der Waals surface area contributed by atoms with Crippen molar-refractivity contribution < 1.29 is 9.72 Å². The van der Waals surface area contributed by atoms with Gasteiger partial charge in [0, 0.05) is 32.4 Å². The number of nitro benzene ring substituents is 1. The molecule has 0 heterocycles. The highest BCUT2D eigenvalue weighted by molar-refractivity contribution is 5.99. The summed E-state index contributed by atoms with van der Waals surface area (Å²) < 4.78 is 0. The van der Waals surface area contributed by atoms with Crippen molar-refractivity contribution in [3.8, 4) is 0 Å². The highest BCUT2D eigenvalue weighted by Crippen LogP contribution is 2.24. The lowest BCUT2D eigenvalue weighted by molar-refractivity contribution is -0.385. The molecule has 104 valence electrons. The zero-order chi connectivity index (χ0) is 14.6. The molecule has 6 nitrogen and oxygen atoms in total. The number of anilines is 1. The second kappa shape index (κ2) is 6.17. The van der Waals surface area contributed by atoms with Crippen molar-refractivity contribution in [3.05, 3.63) is 33.9 Å². The van der Waals surface area contributed by atoms with E-state index in [0.29, 0.717) is 18.2 Å². The smallest absolute Gasteiger partial charge is 0.282 e. The summed E-state index contributed by atoms with van der Waals surface area (Å²) in [4.78, 5) is 24.2. The molecule has 0 unspecified atom stereocenters. The van der Waals surface area contributed by atoms with Crippen molar-refractivity contribution in [1.82, 2.24) is 4.90 Å². The standard InChI is InChI=1S/C13H19N3O3/c1-9(2)8-15(4)13(17)11-7-10(14-3)5-6-12(11)16(18)19/h5-7,9,14H,8H2,1-4H3. The Balaban J connectivity index is 3.15. The molecule has 0 saturated heterocycles. The molecular formula is C13H19N3O3. The van der Waals surface area contributed by atoms with Gasteiger partial charge in [-0.2, -0.15) is 0 Å². The molecule has 1 amide bonds. The van der Waals surface area contributed by atoms with Gasteiger partial charge in [-0.05, 0) is 18.1 Å². The average molecular weight is 265 g/mol. The Bertz CT molecular complexity index is 486. The number of carbonyl (C=O) groups excluding carboxylic acids is 1. The number of hydrogen-bond donors (Lipinski definition) is 1. The Morgan fingerprint density at radius 3 is 2.58 bits per heavy atom. The first-order chi connectivity index (χ1) is 8.86. The van der Waals surface area contributed by atoms with E-state index < -0.39 is 4.92 Å². The van der Waals surface area contributed by atoms with Crippen molar-refractivity contribution in [3.63, 3.8) is 0 Å². The fourth-order valence-electron chi connectivity index (χ4n) is 1.86. The van der Waals surface area contributed by atoms with E-state index in [2.05, 4.69) is 5.32 Å². The predicted molar refractivity (Wildman–Crippen MR) is 74.4 cm³/mol. The lowest BCUT2D eigenvalue weighted by atomic mass is 10.1. The van der Waals surface area contributed by atoms with Crippen molar-refractivity contribution in [1.29, 1.82) is 0 Å². The molecule has 0 atom stereocenters. The average Bonchev–Trinajstić information content (AvgIpc) is 2.36. The molecule has 0 spiro atoms. The minimum atomic E-state index is -0.532. The fraction of sp³-hybridized carbons (Fsp3) is 0.462. The lowest BCUT2D eigenvalue weighted by Crippen LogP contribution is -2.30. The summed E-state index contributed by atoms with van der Waals surface area (Å²) in [5, 5.41) is 13.9. The summed E-state index contributed by atoms with van der Waals surface area (Å²) in [6.07, 6.45) is 0. The van der Waals surface area contributed by atoms with E-state index in [0.717, 1.165) is 0 Å². The van der Waals surface area contributed by atoms with Crippen LogP contribution < -0.4 is 5.32 Å². The molecule has 0 fully saturated rings. The Labute approximate surface area is 112 Å². The van der Waals surface area contributed by atoms with Gasteiger partial charge in [-0.15, -0.1) is 0 Å². The Kier molecular flexibility index (Phi) is 4.86. The van der Waals surface area contributed by atoms with E-state index in [1.165, 1.54) is 17.0 Å². The lowest BCUT2D eigenvalue weighted by Gasteiger charge is -2.19.